The summed E-state index contributed by atoms with van der Waals surface area (Å²) in [7, 11) is 0. The monoisotopic (exact) mass is 315 g/mol. The van der Waals surface area contributed by atoms with Gasteiger partial charge in [0, 0.05) is 6.54 Å². The van der Waals surface area contributed by atoms with Crippen LogP contribution in [0.15, 0.2) is 0 Å². The molecule has 0 fully saturated rings. The van der Waals surface area contributed by atoms with Gasteiger partial charge in [-0.05, 0) is 26.7 Å². The van der Waals surface area contributed by atoms with Crippen LogP contribution in [0.3, 0.4) is 0 Å². The minimum absolute atomic E-state index is 0.0911. The van der Waals surface area contributed by atoms with Crippen LogP contribution in [-0.2, 0) is 14.3 Å². The molecule has 0 saturated carbocycles. The van der Waals surface area contributed by atoms with E-state index in [0.29, 0.717) is 13.0 Å². The lowest BCUT2D eigenvalue weighted by Crippen LogP contribution is -2.29. The number of amides is 1. The van der Waals surface area contributed by atoms with Crippen LogP contribution in [0.2, 0.25) is 0 Å². The highest BCUT2D eigenvalue weighted by Crippen LogP contribution is 2.21. The summed E-state index contributed by atoms with van der Waals surface area (Å²) in [5.74, 6) is -0.258. The Bertz CT molecular complexity index is 316. The average Bonchev–Trinajstić information content (AvgIpc) is 2.50. The van der Waals surface area contributed by atoms with Gasteiger partial charge in [0.2, 0.25) is 0 Å². The largest absolute Gasteiger partial charge is 0.462 e. The Kier molecular flexibility index (Phi) is 11.6. The maximum atomic E-state index is 11.7. The Morgan fingerprint density at radius 2 is 1.50 bits per heavy atom. The van der Waals surface area contributed by atoms with Crippen molar-refractivity contribution in [3.05, 3.63) is 0 Å². The number of carbonyl (C=O) groups excluding carboxylic acids is 2. The van der Waals surface area contributed by atoms with Gasteiger partial charge in [-0.1, -0.05) is 46.0 Å². The summed E-state index contributed by atoms with van der Waals surface area (Å²) >= 11 is 0. The van der Waals surface area contributed by atoms with Crippen LogP contribution in [0, 0.1) is 5.41 Å². The molecule has 5 heteroatoms. The van der Waals surface area contributed by atoms with Crippen LogP contribution in [0.5, 0.6) is 0 Å². The second kappa shape index (κ2) is 12.3. The molecule has 22 heavy (non-hydrogen) atoms. The van der Waals surface area contributed by atoms with Gasteiger partial charge in [0.1, 0.15) is 13.2 Å². The number of esters is 1. The van der Waals surface area contributed by atoms with E-state index in [1.54, 1.807) is 0 Å². The van der Waals surface area contributed by atoms with Crippen LogP contribution in [-0.4, -0.2) is 31.8 Å². The summed E-state index contributed by atoms with van der Waals surface area (Å²) in [6.45, 7) is 8.63. The SMILES string of the molecule is CCCCCCCCNC(=O)OCCOC(=O)C(C)(C)CC. The lowest BCUT2D eigenvalue weighted by atomic mass is 9.91. The Labute approximate surface area is 135 Å². The van der Waals surface area contributed by atoms with Gasteiger partial charge in [-0.2, -0.15) is 0 Å². The van der Waals surface area contributed by atoms with E-state index in [-0.39, 0.29) is 19.2 Å². The first kappa shape index (κ1) is 20.7. The molecule has 1 N–H and O–H groups in total. The molecule has 0 aromatic rings. The van der Waals surface area contributed by atoms with Crippen molar-refractivity contribution in [1.82, 2.24) is 5.32 Å². The molecule has 0 atom stereocenters. The topological polar surface area (TPSA) is 64.6 Å². The third-order valence-corrected chi connectivity index (χ3v) is 3.79. The van der Waals surface area contributed by atoms with Gasteiger partial charge in [0.15, 0.2) is 0 Å². The number of ether oxygens (including phenoxy) is 2. The summed E-state index contributed by atoms with van der Waals surface area (Å²) in [6, 6.07) is 0. The Hall–Kier alpha value is -1.26. The van der Waals surface area contributed by atoms with Crippen molar-refractivity contribution >= 4 is 12.1 Å². The van der Waals surface area contributed by atoms with Crippen molar-refractivity contribution in [2.75, 3.05) is 19.8 Å². The zero-order valence-corrected chi connectivity index (χ0v) is 14.7. The number of unbranched alkanes of at least 4 members (excludes halogenated alkanes) is 5. The number of alkyl carbamates (subject to hydrolysis) is 1. The number of rotatable bonds is 12. The maximum absolute atomic E-state index is 11.7. The van der Waals surface area contributed by atoms with E-state index >= 15 is 0 Å². The van der Waals surface area contributed by atoms with E-state index in [9.17, 15) is 9.59 Å². The standard InChI is InChI=1S/C17H33NO4/c1-5-7-8-9-10-11-12-18-16(20)22-14-13-21-15(19)17(3,4)6-2/h5-14H2,1-4H3,(H,18,20). The number of carbonyl (C=O) groups is 2. The maximum Gasteiger partial charge on any atom is 0.407 e. The molecule has 5 nitrogen and oxygen atoms in total. The van der Waals surface area contributed by atoms with Gasteiger partial charge < -0.3 is 14.8 Å². The van der Waals surface area contributed by atoms with Crippen molar-refractivity contribution in [2.24, 2.45) is 5.41 Å². The van der Waals surface area contributed by atoms with Crippen LogP contribution in [0.1, 0.15) is 72.6 Å². The quantitative estimate of drug-likeness (QED) is 0.436. The van der Waals surface area contributed by atoms with Gasteiger partial charge in [-0.25, -0.2) is 4.79 Å². The normalized spacial score (nSPS) is 11.1. The Balaban J connectivity index is 3.49. The highest BCUT2D eigenvalue weighted by Gasteiger charge is 2.26. The summed E-state index contributed by atoms with van der Waals surface area (Å²) < 4.78 is 10.0. The molecule has 130 valence electrons. The van der Waals surface area contributed by atoms with Crippen molar-refractivity contribution < 1.29 is 19.1 Å². The zero-order chi connectivity index (χ0) is 16.8. The van der Waals surface area contributed by atoms with E-state index in [1.165, 1.54) is 25.7 Å². The number of hydrogen-bond acceptors (Lipinski definition) is 4. The minimum Gasteiger partial charge on any atom is -0.462 e. The first-order valence-electron chi connectivity index (χ1n) is 8.52. The van der Waals surface area contributed by atoms with E-state index in [2.05, 4.69) is 12.2 Å². The van der Waals surface area contributed by atoms with E-state index < -0.39 is 11.5 Å². The molecular weight excluding hydrogens is 282 g/mol. The molecule has 0 heterocycles. The molecule has 0 aliphatic carbocycles. The fraction of sp³-hybridized carbons (Fsp3) is 0.882. The molecule has 0 saturated heterocycles. The third kappa shape index (κ3) is 10.5. The number of nitrogens with one attached hydrogen (secondary N) is 1. The van der Waals surface area contributed by atoms with E-state index in [1.807, 2.05) is 20.8 Å². The molecule has 0 aliphatic heterocycles. The zero-order valence-electron chi connectivity index (χ0n) is 14.7. The van der Waals surface area contributed by atoms with E-state index in [4.69, 9.17) is 9.47 Å². The van der Waals surface area contributed by atoms with Crippen LogP contribution < -0.4 is 5.32 Å². The van der Waals surface area contributed by atoms with Crippen molar-refractivity contribution in [1.29, 1.82) is 0 Å². The second-order valence-electron chi connectivity index (χ2n) is 6.20. The highest BCUT2D eigenvalue weighted by atomic mass is 16.6. The second-order valence-corrected chi connectivity index (χ2v) is 6.20. The van der Waals surface area contributed by atoms with Gasteiger partial charge >= 0.3 is 12.1 Å². The highest BCUT2D eigenvalue weighted by molar-refractivity contribution is 5.75. The fourth-order valence-electron chi connectivity index (χ4n) is 1.76. The lowest BCUT2D eigenvalue weighted by molar-refractivity contribution is -0.155. The van der Waals surface area contributed by atoms with Gasteiger partial charge in [0.05, 0.1) is 5.41 Å². The van der Waals surface area contributed by atoms with Crippen LogP contribution in [0.25, 0.3) is 0 Å². The smallest absolute Gasteiger partial charge is 0.407 e. The van der Waals surface area contributed by atoms with Crippen LogP contribution >= 0.6 is 0 Å². The molecular formula is C17H33NO4. The van der Waals surface area contributed by atoms with Crippen molar-refractivity contribution in [3.63, 3.8) is 0 Å². The summed E-state index contributed by atoms with van der Waals surface area (Å²) in [5, 5.41) is 2.70. The van der Waals surface area contributed by atoms with Crippen molar-refractivity contribution in [2.45, 2.75) is 72.6 Å². The molecule has 0 radical (unpaired) electrons. The first-order chi connectivity index (χ1) is 10.4. The predicted molar refractivity (Wildman–Crippen MR) is 87.8 cm³/mol. The van der Waals surface area contributed by atoms with Gasteiger partial charge in [-0.3, -0.25) is 4.79 Å². The summed E-state index contributed by atoms with van der Waals surface area (Å²) in [6.07, 6.45) is 7.37. The predicted octanol–water partition coefficient (Wildman–Crippen LogP) is 4.05. The van der Waals surface area contributed by atoms with Crippen LogP contribution in [0.4, 0.5) is 4.79 Å². The third-order valence-electron chi connectivity index (χ3n) is 3.79. The van der Waals surface area contributed by atoms with Gasteiger partial charge in [0.25, 0.3) is 0 Å². The first-order valence-corrected chi connectivity index (χ1v) is 8.52. The van der Waals surface area contributed by atoms with Gasteiger partial charge in [-0.15, -0.1) is 0 Å². The van der Waals surface area contributed by atoms with Crippen molar-refractivity contribution in [3.8, 4) is 0 Å². The fourth-order valence-corrected chi connectivity index (χ4v) is 1.76. The molecule has 0 unspecified atom stereocenters. The Morgan fingerprint density at radius 3 is 2.14 bits per heavy atom. The van der Waals surface area contributed by atoms with E-state index in [0.717, 1.165) is 12.8 Å². The average molecular weight is 315 g/mol. The Morgan fingerprint density at radius 1 is 0.909 bits per heavy atom. The lowest BCUT2D eigenvalue weighted by Gasteiger charge is -2.20. The molecule has 1 amide bonds. The molecule has 0 aromatic carbocycles. The molecule has 0 aromatic heterocycles. The molecule has 0 aliphatic rings. The minimum atomic E-state index is -0.486. The summed E-state index contributed by atoms with van der Waals surface area (Å²) in [5.41, 5.74) is -0.486. The molecule has 0 spiro atoms. The molecule has 0 bridgehead atoms. The number of hydrogen-bond donors (Lipinski definition) is 1. The summed E-state index contributed by atoms with van der Waals surface area (Å²) in [4.78, 5) is 23.1. The molecule has 0 rings (SSSR count).